The van der Waals surface area contributed by atoms with Crippen molar-refractivity contribution in [3.8, 4) is 11.1 Å². The molecule has 3 aromatic heterocycles. The Hall–Kier alpha value is -4.74. The van der Waals surface area contributed by atoms with E-state index in [-0.39, 0.29) is 28.6 Å². The molecule has 188 valence electrons. The van der Waals surface area contributed by atoms with Crippen molar-refractivity contribution < 1.29 is 22.4 Å². The van der Waals surface area contributed by atoms with Gasteiger partial charge in [-0.3, -0.25) is 19.4 Å². The minimum Gasteiger partial charge on any atom is -0.311 e. The number of aryl methyl sites for hydroxylation is 1. The monoisotopic (exact) mass is 510 g/mol. The summed E-state index contributed by atoms with van der Waals surface area (Å²) in [5, 5.41) is 12.8. The first-order chi connectivity index (χ1) is 17.6. The minimum atomic E-state index is -4.61. The Morgan fingerprint density at radius 3 is 2.62 bits per heavy atom. The number of benzene rings is 2. The quantitative estimate of drug-likeness (QED) is 0.338. The smallest absolute Gasteiger partial charge is 0.311 e. The Bertz CT molecular complexity index is 1700. The van der Waals surface area contributed by atoms with Gasteiger partial charge in [-0.25, -0.2) is 4.39 Å². The lowest BCUT2D eigenvalue weighted by atomic mass is 10.0. The van der Waals surface area contributed by atoms with E-state index in [9.17, 15) is 27.2 Å². The first-order valence-corrected chi connectivity index (χ1v) is 10.9. The van der Waals surface area contributed by atoms with E-state index in [1.807, 2.05) is 5.10 Å². The molecule has 5 aromatic rings. The molecule has 0 fully saturated rings. The molecule has 0 aliphatic carbocycles. The lowest BCUT2D eigenvalue weighted by molar-refractivity contribution is -0.140. The van der Waals surface area contributed by atoms with Crippen LogP contribution in [0.25, 0.3) is 21.9 Å². The van der Waals surface area contributed by atoms with Crippen LogP contribution in [0.1, 0.15) is 21.6 Å². The number of nitrogens with zero attached hydrogens (tertiary/aromatic N) is 4. The van der Waals surface area contributed by atoms with E-state index >= 15 is 0 Å². The van der Waals surface area contributed by atoms with Crippen molar-refractivity contribution in [3.05, 3.63) is 100 Å². The standard InChI is InChI=1S/C25H18F4N6O2/c1-34-6-5-21(33-34)31-23(36)17-8-14(9-18(26)11-17)13-35-7-4-16-10-15(2-3-19(16)24(35)37)20-12-30-32-22(20)25(27,28)29/h2-12H,13H2,1H3,(H,30,32)(H,31,33,36). The van der Waals surface area contributed by atoms with Gasteiger partial charge in [-0.2, -0.15) is 23.4 Å². The summed E-state index contributed by atoms with van der Waals surface area (Å²) in [5.74, 6) is -0.903. The normalized spacial score (nSPS) is 11.7. The lowest BCUT2D eigenvalue weighted by Gasteiger charge is -2.11. The third kappa shape index (κ3) is 4.85. The molecule has 0 aliphatic rings. The first kappa shape index (κ1) is 24.0. The average Bonchev–Trinajstić information content (AvgIpc) is 3.49. The number of carbonyl (C=O) groups excluding carboxylic acids is 1. The Morgan fingerprint density at radius 1 is 1.08 bits per heavy atom. The molecule has 0 unspecified atom stereocenters. The molecule has 0 saturated heterocycles. The van der Waals surface area contributed by atoms with E-state index in [0.717, 1.165) is 12.3 Å². The van der Waals surface area contributed by atoms with E-state index in [1.54, 1.807) is 25.4 Å². The molecule has 2 N–H and O–H groups in total. The maximum Gasteiger partial charge on any atom is 0.433 e. The highest BCUT2D eigenvalue weighted by molar-refractivity contribution is 6.03. The van der Waals surface area contributed by atoms with Crippen LogP contribution in [0.5, 0.6) is 0 Å². The predicted molar refractivity (Wildman–Crippen MR) is 127 cm³/mol. The number of H-pyrrole nitrogens is 1. The van der Waals surface area contributed by atoms with Gasteiger partial charge < -0.3 is 9.88 Å². The summed E-state index contributed by atoms with van der Waals surface area (Å²) in [6.07, 6.45) is -0.418. The molecular formula is C25H18F4N6O2. The molecule has 0 atom stereocenters. The van der Waals surface area contributed by atoms with Gasteiger partial charge in [-0.05, 0) is 52.9 Å². The van der Waals surface area contributed by atoms with E-state index in [0.29, 0.717) is 16.8 Å². The molecule has 1 amide bonds. The number of alkyl halides is 3. The Balaban J connectivity index is 1.43. The van der Waals surface area contributed by atoms with Crippen LogP contribution in [0.4, 0.5) is 23.4 Å². The molecule has 0 bridgehead atoms. The highest BCUT2D eigenvalue weighted by Crippen LogP contribution is 2.36. The van der Waals surface area contributed by atoms with Crippen LogP contribution in [0.2, 0.25) is 0 Å². The van der Waals surface area contributed by atoms with E-state index < -0.39 is 29.2 Å². The van der Waals surface area contributed by atoms with Crippen molar-refractivity contribution in [2.24, 2.45) is 7.05 Å². The minimum absolute atomic E-state index is 0.0297. The van der Waals surface area contributed by atoms with Gasteiger partial charge in [0.05, 0.1) is 12.7 Å². The molecule has 0 radical (unpaired) electrons. The zero-order valence-electron chi connectivity index (χ0n) is 19.2. The van der Waals surface area contributed by atoms with Crippen LogP contribution in [-0.4, -0.2) is 30.5 Å². The van der Waals surface area contributed by atoms with Crippen molar-refractivity contribution in [2.45, 2.75) is 12.7 Å². The largest absolute Gasteiger partial charge is 0.433 e. The summed E-state index contributed by atoms with van der Waals surface area (Å²) in [5.41, 5.74) is -0.850. The van der Waals surface area contributed by atoms with Crippen molar-refractivity contribution >= 4 is 22.5 Å². The SMILES string of the molecule is Cn1ccc(NC(=O)c2cc(F)cc(Cn3ccc4cc(-c5cn[nH]c5C(F)(F)F)ccc4c3=O)c2)n1. The molecule has 0 aliphatic heterocycles. The molecule has 3 heterocycles. The fourth-order valence-corrected chi connectivity index (χ4v) is 4.04. The third-order valence-corrected chi connectivity index (χ3v) is 5.74. The van der Waals surface area contributed by atoms with Crippen LogP contribution in [0.3, 0.4) is 0 Å². The first-order valence-electron chi connectivity index (χ1n) is 10.9. The lowest BCUT2D eigenvalue weighted by Crippen LogP contribution is -2.20. The molecule has 37 heavy (non-hydrogen) atoms. The van der Waals surface area contributed by atoms with Gasteiger partial charge in [0.25, 0.3) is 11.5 Å². The average molecular weight is 510 g/mol. The molecule has 12 heteroatoms. The number of halogens is 4. The number of aromatic nitrogens is 5. The van der Waals surface area contributed by atoms with Gasteiger partial charge in [0.2, 0.25) is 0 Å². The Kier molecular flexibility index (Phi) is 5.86. The molecule has 8 nitrogen and oxygen atoms in total. The fourth-order valence-electron chi connectivity index (χ4n) is 4.04. The Labute approximate surface area is 206 Å². The highest BCUT2D eigenvalue weighted by Gasteiger charge is 2.35. The summed E-state index contributed by atoms with van der Waals surface area (Å²) < 4.78 is 56.9. The van der Waals surface area contributed by atoms with Crippen LogP contribution in [0, 0.1) is 5.82 Å². The van der Waals surface area contributed by atoms with Crippen LogP contribution >= 0.6 is 0 Å². The van der Waals surface area contributed by atoms with Gasteiger partial charge >= 0.3 is 6.18 Å². The number of amides is 1. The number of aromatic amines is 1. The number of rotatable bonds is 5. The second-order valence-electron chi connectivity index (χ2n) is 8.38. The maximum absolute atomic E-state index is 14.3. The van der Waals surface area contributed by atoms with E-state index in [4.69, 9.17) is 0 Å². The number of hydrogen-bond donors (Lipinski definition) is 2. The fraction of sp³-hybridized carbons (Fsp3) is 0.120. The van der Waals surface area contributed by atoms with Gasteiger partial charge in [-0.1, -0.05) is 6.07 Å². The van der Waals surface area contributed by atoms with E-state index in [2.05, 4.69) is 15.5 Å². The van der Waals surface area contributed by atoms with Crippen molar-refractivity contribution in [2.75, 3.05) is 5.32 Å². The summed E-state index contributed by atoms with van der Waals surface area (Å²) in [6, 6.07) is 11.3. The highest BCUT2D eigenvalue weighted by atomic mass is 19.4. The number of nitrogens with one attached hydrogen (secondary N) is 2. The second-order valence-corrected chi connectivity index (χ2v) is 8.38. The second kappa shape index (κ2) is 9.04. The molecule has 5 rings (SSSR count). The molecule has 0 saturated carbocycles. The summed E-state index contributed by atoms with van der Waals surface area (Å²) in [4.78, 5) is 25.6. The maximum atomic E-state index is 14.3. The number of fused-ring (bicyclic) bond motifs is 1. The molecular weight excluding hydrogens is 492 g/mol. The topological polar surface area (TPSA) is 97.6 Å². The van der Waals surface area contributed by atoms with Gasteiger partial charge in [-0.15, -0.1) is 0 Å². The number of carbonyl (C=O) groups is 1. The summed E-state index contributed by atoms with van der Waals surface area (Å²) in [6.45, 7) is -0.0297. The third-order valence-electron chi connectivity index (χ3n) is 5.74. The number of hydrogen-bond acceptors (Lipinski definition) is 4. The van der Waals surface area contributed by atoms with Crippen molar-refractivity contribution in [3.63, 3.8) is 0 Å². The number of pyridine rings is 1. The molecule has 2 aromatic carbocycles. The zero-order chi connectivity index (χ0) is 26.3. The van der Waals surface area contributed by atoms with Crippen LogP contribution in [0.15, 0.2) is 71.9 Å². The predicted octanol–water partition coefficient (Wildman–Crippen LogP) is 4.58. The van der Waals surface area contributed by atoms with Gasteiger partial charge in [0.1, 0.15) is 11.5 Å². The van der Waals surface area contributed by atoms with Gasteiger partial charge in [0, 0.05) is 42.0 Å². The van der Waals surface area contributed by atoms with Crippen LogP contribution in [-0.2, 0) is 19.8 Å². The summed E-state index contributed by atoms with van der Waals surface area (Å²) in [7, 11) is 1.69. The van der Waals surface area contributed by atoms with Crippen molar-refractivity contribution in [1.82, 2.24) is 24.5 Å². The molecule has 0 spiro atoms. The summed E-state index contributed by atoms with van der Waals surface area (Å²) >= 11 is 0. The van der Waals surface area contributed by atoms with Crippen molar-refractivity contribution in [1.29, 1.82) is 0 Å². The number of anilines is 1. The van der Waals surface area contributed by atoms with Crippen LogP contribution < -0.4 is 10.9 Å². The van der Waals surface area contributed by atoms with Gasteiger partial charge in [0.15, 0.2) is 5.82 Å². The van der Waals surface area contributed by atoms with E-state index in [1.165, 1.54) is 45.8 Å². The Morgan fingerprint density at radius 2 is 1.89 bits per heavy atom. The zero-order valence-corrected chi connectivity index (χ0v) is 19.2.